The van der Waals surface area contributed by atoms with Crippen molar-refractivity contribution >= 4 is 43.5 Å². The lowest BCUT2D eigenvalue weighted by Gasteiger charge is -2.32. The van der Waals surface area contributed by atoms with Gasteiger partial charge in [0.05, 0.1) is 10.6 Å². The number of hydrogen-bond acceptors (Lipinski definition) is 4. The number of rotatable bonds is 11. The molecule has 0 radical (unpaired) electrons. The van der Waals surface area contributed by atoms with Crippen molar-refractivity contribution in [3.8, 4) is 0 Å². The Morgan fingerprint density at radius 3 is 2.24 bits per heavy atom. The van der Waals surface area contributed by atoms with Gasteiger partial charge in [-0.3, -0.25) is 13.9 Å². The molecule has 2 amide bonds. The fourth-order valence-corrected chi connectivity index (χ4v) is 5.60. The zero-order valence-electron chi connectivity index (χ0n) is 21.5. The van der Waals surface area contributed by atoms with E-state index >= 15 is 0 Å². The normalized spacial score (nSPS) is 12.9. The van der Waals surface area contributed by atoms with Gasteiger partial charge in [0, 0.05) is 17.1 Å². The number of amides is 2. The van der Waals surface area contributed by atoms with Crippen LogP contribution in [0.15, 0.2) is 88.2 Å². The monoisotopic (exact) mass is 603 g/mol. The molecule has 10 heteroatoms. The van der Waals surface area contributed by atoms with Gasteiger partial charge in [0.25, 0.3) is 10.0 Å². The zero-order valence-corrected chi connectivity index (χ0v) is 23.9. The summed E-state index contributed by atoms with van der Waals surface area (Å²) in [5.74, 6) is -1.48. The maximum Gasteiger partial charge on any atom is 0.264 e. The van der Waals surface area contributed by atoms with Crippen LogP contribution in [0.2, 0.25) is 0 Å². The molecule has 7 nitrogen and oxygen atoms in total. The van der Waals surface area contributed by atoms with Gasteiger partial charge in [-0.1, -0.05) is 53.2 Å². The minimum atomic E-state index is -4.24. The number of nitrogens with zero attached hydrogens (tertiary/aromatic N) is 2. The largest absolute Gasteiger partial charge is 0.352 e. The van der Waals surface area contributed by atoms with E-state index in [1.165, 1.54) is 4.90 Å². The van der Waals surface area contributed by atoms with Crippen LogP contribution in [-0.2, 0) is 26.2 Å². The third kappa shape index (κ3) is 7.41. The summed E-state index contributed by atoms with van der Waals surface area (Å²) in [6.45, 7) is 4.97. The Hall–Kier alpha value is -3.24. The maximum atomic E-state index is 13.8. The fourth-order valence-electron chi connectivity index (χ4n) is 3.74. The van der Waals surface area contributed by atoms with Crippen LogP contribution in [-0.4, -0.2) is 43.8 Å². The first kappa shape index (κ1) is 29.3. The van der Waals surface area contributed by atoms with Crippen molar-refractivity contribution in [2.75, 3.05) is 10.8 Å². The van der Waals surface area contributed by atoms with E-state index in [1.54, 1.807) is 37.3 Å². The molecule has 3 rings (SSSR count). The topological polar surface area (TPSA) is 86.8 Å². The number of sulfonamides is 1. The van der Waals surface area contributed by atoms with Crippen molar-refractivity contribution in [2.24, 2.45) is 0 Å². The van der Waals surface area contributed by atoms with Gasteiger partial charge in [0.2, 0.25) is 11.8 Å². The van der Waals surface area contributed by atoms with Crippen LogP contribution in [0.4, 0.5) is 10.1 Å². The molecule has 0 aromatic heterocycles. The molecule has 0 bridgehead atoms. The van der Waals surface area contributed by atoms with Gasteiger partial charge in [-0.25, -0.2) is 12.8 Å². The molecule has 0 aliphatic rings. The lowest BCUT2D eigenvalue weighted by molar-refractivity contribution is -0.139. The van der Waals surface area contributed by atoms with Gasteiger partial charge in [-0.05, 0) is 74.4 Å². The molecule has 0 spiro atoms. The third-order valence-electron chi connectivity index (χ3n) is 6.13. The molecule has 3 aromatic carbocycles. The Morgan fingerprint density at radius 2 is 1.63 bits per heavy atom. The summed E-state index contributed by atoms with van der Waals surface area (Å²) in [6.07, 6.45) is 0.718. The van der Waals surface area contributed by atoms with Crippen LogP contribution in [0.1, 0.15) is 32.8 Å². The Bertz CT molecular complexity index is 1350. The van der Waals surface area contributed by atoms with Crippen LogP contribution in [0.3, 0.4) is 0 Å². The molecule has 0 fully saturated rings. The summed E-state index contributed by atoms with van der Waals surface area (Å²) >= 11 is 3.43. The Morgan fingerprint density at radius 1 is 0.974 bits per heavy atom. The highest BCUT2D eigenvalue weighted by Crippen LogP contribution is 2.25. The lowest BCUT2D eigenvalue weighted by Crippen LogP contribution is -2.52. The Labute approximate surface area is 231 Å². The van der Waals surface area contributed by atoms with Crippen molar-refractivity contribution in [2.45, 2.75) is 50.7 Å². The van der Waals surface area contributed by atoms with Gasteiger partial charge < -0.3 is 10.2 Å². The van der Waals surface area contributed by atoms with E-state index in [4.69, 9.17) is 0 Å². The summed E-state index contributed by atoms with van der Waals surface area (Å²) in [7, 11) is -4.24. The van der Waals surface area contributed by atoms with Crippen LogP contribution in [0.5, 0.6) is 0 Å². The minimum absolute atomic E-state index is 0.0899. The van der Waals surface area contributed by atoms with Gasteiger partial charge in [0.15, 0.2) is 0 Å². The summed E-state index contributed by atoms with van der Waals surface area (Å²) in [5, 5.41) is 2.90. The number of benzene rings is 3. The summed E-state index contributed by atoms with van der Waals surface area (Å²) in [6, 6.07) is 19.0. The van der Waals surface area contributed by atoms with Crippen molar-refractivity contribution in [3.63, 3.8) is 0 Å². The minimum Gasteiger partial charge on any atom is -0.352 e. The molecule has 1 N–H and O–H groups in total. The Balaban J connectivity index is 2.00. The van der Waals surface area contributed by atoms with Crippen LogP contribution in [0, 0.1) is 5.82 Å². The van der Waals surface area contributed by atoms with Crippen molar-refractivity contribution in [3.05, 3.63) is 94.7 Å². The molecular weight excluding hydrogens is 573 g/mol. The molecule has 0 saturated carbocycles. The second kappa shape index (κ2) is 13.0. The highest BCUT2D eigenvalue weighted by Gasteiger charge is 2.32. The number of para-hydroxylation sites is 1. The van der Waals surface area contributed by atoms with E-state index < -0.39 is 34.3 Å². The van der Waals surface area contributed by atoms with Crippen molar-refractivity contribution in [1.82, 2.24) is 10.2 Å². The fraction of sp³-hybridized carbons (Fsp3) is 0.286. The van der Waals surface area contributed by atoms with Gasteiger partial charge in [0.1, 0.15) is 18.4 Å². The predicted octanol–water partition coefficient (Wildman–Crippen LogP) is 5.12. The molecule has 0 unspecified atom stereocenters. The predicted molar refractivity (Wildman–Crippen MR) is 149 cm³/mol. The van der Waals surface area contributed by atoms with Gasteiger partial charge in [-0.2, -0.15) is 0 Å². The standard InChI is InChI=1S/C28H31BrFN3O4S/c1-4-20(2)31-28(35)21(3)32(18-22-9-8-10-23(29)17-22)27(34)19-33(25-11-6-5-7-12-25)38(36,37)26-15-13-24(30)14-16-26/h5-17,20-21H,4,18-19H2,1-3H3,(H,31,35)/t20-,21+/m0/s1. The third-order valence-corrected chi connectivity index (χ3v) is 8.42. The van der Waals surface area contributed by atoms with E-state index in [9.17, 15) is 22.4 Å². The highest BCUT2D eigenvalue weighted by molar-refractivity contribution is 9.10. The van der Waals surface area contributed by atoms with Crippen LogP contribution in [0.25, 0.3) is 0 Å². The van der Waals surface area contributed by atoms with E-state index in [0.717, 1.165) is 45.0 Å². The molecule has 0 heterocycles. The summed E-state index contributed by atoms with van der Waals surface area (Å²) in [4.78, 5) is 28.1. The number of halogens is 2. The highest BCUT2D eigenvalue weighted by atomic mass is 79.9. The van der Waals surface area contributed by atoms with Gasteiger partial charge in [-0.15, -0.1) is 0 Å². The second-order valence-corrected chi connectivity index (χ2v) is 11.7. The molecular formula is C28H31BrFN3O4S. The quantitative estimate of drug-likeness (QED) is 0.330. The Kier molecular flexibility index (Phi) is 10.0. The van der Waals surface area contributed by atoms with E-state index in [0.29, 0.717) is 0 Å². The van der Waals surface area contributed by atoms with Crippen molar-refractivity contribution in [1.29, 1.82) is 0 Å². The molecule has 3 aromatic rings. The molecule has 0 aliphatic carbocycles. The number of anilines is 1. The molecule has 0 saturated heterocycles. The first-order chi connectivity index (χ1) is 18.0. The molecule has 38 heavy (non-hydrogen) atoms. The second-order valence-electron chi connectivity index (χ2n) is 8.95. The van der Waals surface area contributed by atoms with E-state index in [2.05, 4.69) is 21.2 Å². The number of nitrogens with one attached hydrogen (secondary N) is 1. The first-order valence-corrected chi connectivity index (χ1v) is 14.4. The number of hydrogen-bond donors (Lipinski definition) is 1. The summed E-state index contributed by atoms with van der Waals surface area (Å²) < 4.78 is 42.6. The maximum absolute atomic E-state index is 13.8. The van der Waals surface area contributed by atoms with E-state index in [-0.39, 0.29) is 29.1 Å². The molecule has 202 valence electrons. The van der Waals surface area contributed by atoms with Crippen LogP contribution >= 0.6 is 15.9 Å². The molecule has 0 aliphatic heterocycles. The van der Waals surface area contributed by atoms with E-state index in [1.807, 2.05) is 38.1 Å². The first-order valence-electron chi connectivity index (χ1n) is 12.2. The molecule has 2 atom stereocenters. The summed E-state index contributed by atoms with van der Waals surface area (Å²) in [5.41, 5.74) is 1.04. The zero-order chi connectivity index (χ0) is 27.9. The SMILES string of the molecule is CC[C@H](C)NC(=O)[C@@H](C)N(Cc1cccc(Br)c1)C(=O)CN(c1ccccc1)S(=O)(=O)c1ccc(F)cc1. The van der Waals surface area contributed by atoms with Gasteiger partial charge >= 0.3 is 0 Å². The van der Waals surface area contributed by atoms with Crippen molar-refractivity contribution < 1.29 is 22.4 Å². The lowest BCUT2D eigenvalue weighted by atomic mass is 10.1. The van der Waals surface area contributed by atoms with Crippen LogP contribution < -0.4 is 9.62 Å². The smallest absolute Gasteiger partial charge is 0.264 e. The number of carbonyl (C=O) groups excluding carboxylic acids is 2. The average molecular weight is 605 g/mol. The number of carbonyl (C=O) groups is 2. The average Bonchev–Trinajstić information content (AvgIpc) is 2.90.